The third-order valence-corrected chi connectivity index (χ3v) is 5.68. The Labute approximate surface area is 200 Å². The van der Waals surface area contributed by atoms with Crippen LogP contribution in [0.4, 0.5) is 11.4 Å². The Kier molecular flexibility index (Phi) is 9.76. The van der Waals surface area contributed by atoms with Gasteiger partial charge in [0, 0.05) is 43.5 Å². The van der Waals surface area contributed by atoms with Gasteiger partial charge in [-0.1, -0.05) is 25.8 Å². The fourth-order valence-electron chi connectivity index (χ4n) is 3.83. The molecule has 3 rings (SSSR count). The monoisotopic (exact) mass is 466 g/mol. The number of rotatable bonds is 12. The van der Waals surface area contributed by atoms with Gasteiger partial charge in [0.2, 0.25) is 17.7 Å². The molecule has 1 saturated heterocycles. The van der Waals surface area contributed by atoms with Crippen LogP contribution in [0.25, 0.3) is 6.08 Å². The Bertz CT molecular complexity index is 965. The third-order valence-electron chi connectivity index (χ3n) is 5.68. The van der Waals surface area contributed by atoms with Crippen molar-refractivity contribution in [3.8, 4) is 0 Å². The molecule has 1 atom stereocenters. The van der Waals surface area contributed by atoms with Crippen LogP contribution in [0.2, 0.25) is 0 Å². The SMILES string of the molecule is CCCCC(NC(=O)CCNC(=O)/C=C/c1ccco1)C(=O)Nc1cccc(N2CCCC2)c1. The molecule has 0 aliphatic carbocycles. The summed E-state index contributed by atoms with van der Waals surface area (Å²) in [6.07, 6.45) is 9.17. The van der Waals surface area contributed by atoms with Gasteiger partial charge >= 0.3 is 0 Å². The molecule has 1 aromatic carbocycles. The first kappa shape index (κ1) is 25.1. The quantitative estimate of drug-likeness (QED) is 0.414. The van der Waals surface area contributed by atoms with Crippen molar-refractivity contribution in [2.45, 2.75) is 51.5 Å². The molecule has 0 radical (unpaired) electrons. The lowest BCUT2D eigenvalue weighted by atomic mass is 10.1. The van der Waals surface area contributed by atoms with Crippen LogP contribution in [0.5, 0.6) is 0 Å². The molecule has 0 saturated carbocycles. The van der Waals surface area contributed by atoms with E-state index < -0.39 is 6.04 Å². The van der Waals surface area contributed by atoms with E-state index in [4.69, 9.17) is 4.42 Å². The van der Waals surface area contributed by atoms with Crippen molar-refractivity contribution >= 4 is 35.2 Å². The van der Waals surface area contributed by atoms with Crippen LogP contribution in [-0.4, -0.2) is 43.4 Å². The average molecular weight is 467 g/mol. The van der Waals surface area contributed by atoms with E-state index in [1.54, 1.807) is 18.2 Å². The number of nitrogens with one attached hydrogen (secondary N) is 3. The topological polar surface area (TPSA) is 104 Å². The van der Waals surface area contributed by atoms with E-state index in [-0.39, 0.29) is 30.7 Å². The van der Waals surface area contributed by atoms with Crippen molar-refractivity contribution in [3.05, 3.63) is 54.5 Å². The van der Waals surface area contributed by atoms with E-state index in [0.717, 1.165) is 37.3 Å². The largest absolute Gasteiger partial charge is 0.465 e. The highest BCUT2D eigenvalue weighted by atomic mass is 16.3. The molecule has 182 valence electrons. The minimum Gasteiger partial charge on any atom is -0.465 e. The number of furan rings is 1. The number of amides is 3. The van der Waals surface area contributed by atoms with Gasteiger partial charge in [0.1, 0.15) is 11.8 Å². The van der Waals surface area contributed by atoms with Gasteiger partial charge < -0.3 is 25.3 Å². The molecule has 8 nitrogen and oxygen atoms in total. The van der Waals surface area contributed by atoms with Gasteiger partial charge in [0.15, 0.2) is 0 Å². The molecule has 1 fully saturated rings. The van der Waals surface area contributed by atoms with Crippen molar-refractivity contribution in [2.24, 2.45) is 0 Å². The molecular formula is C26H34N4O4. The molecular weight excluding hydrogens is 432 g/mol. The van der Waals surface area contributed by atoms with E-state index in [9.17, 15) is 14.4 Å². The van der Waals surface area contributed by atoms with E-state index in [1.165, 1.54) is 25.2 Å². The Morgan fingerprint density at radius 3 is 2.71 bits per heavy atom. The minimum absolute atomic E-state index is 0.0840. The summed E-state index contributed by atoms with van der Waals surface area (Å²) in [5.41, 5.74) is 1.82. The van der Waals surface area contributed by atoms with Crippen LogP contribution in [0.1, 0.15) is 51.2 Å². The molecule has 1 aromatic heterocycles. The molecule has 0 spiro atoms. The summed E-state index contributed by atoms with van der Waals surface area (Å²) < 4.78 is 5.13. The highest BCUT2D eigenvalue weighted by Gasteiger charge is 2.21. The smallest absolute Gasteiger partial charge is 0.246 e. The Morgan fingerprint density at radius 1 is 1.15 bits per heavy atom. The van der Waals surface area contributed by atoms with Crippen LogP contribution in [0, 0.1) is 0 Å². The lowest BCUT2D eigenvalue weighted by molar-refractivity contribution is -0.126. The summed E-state index contributed by atoms with van der Waals surface area (Å²) in [6.45, 7) is 4.28. The van der Waals surface area contributed by atoms with Gasteiger partial charge in [-0.2, -0.15) is 0 Å². The van der Waals surface area contributed by atoms with E-state index in [1.807, 2.05) is 25.1 Å². The molecule has 1 aliphatic heterocycles. The van der Waals surface area contributed by atoms with Crippen LogP contribution in [-0.2, 0) is 14.4 Å². The molecule has 34 heavy (non-hydrogen) atoms. The number of hydrogen-bond acceptors (Lipinski definition) is 5. The summed E-state index contributed by atoms with van der Waals surface area (Å²) in [4.78, 5) is 39.6. The summed E-state index contributed by atoms with van der Waals surface area (Å²) in [5.74, 6) is -0.255. The second-order valence-electron chi connectivity index (χ2n) is 8.39. The van der Waals surface area contributed by atoms with E-state index in [2.05, 4.69) is 26.9 Å². The lowest BCUT2D eigenvalue weighted by Gasteiger charge is -2.21. The first-order chi connectivity index (χ1) is 16.5. The number of carbonyl (C=O) groups excluding carboxylic acids is 3. The summed E-state index contributed by atoms with van der Waals surface area (Å²) in [6, 6.07) is 10.7. The summed E-state index contributed by atoms with van der Waals surface area (Å²) in [5, 5.41) is 8.44. The predicted molar refractivity (Wildman–Crippen MR) is 133 cm³/mol. The number of anilines is 2. The third kappa shape index (κ3) is 8.10. The Balaban J connectivity index is 1.48. The molecule has 0 bridgehead atoms. The van der Waals surface area contributed by atoms with Crippen molar-refractivity contribution in [3.63, 3.8) is 0 Å². The van der Waals surface area contributed by atoms with Crippen LogP contribution >= 0.6 is 0 Å². The van der Waals surface area contributed by atoms with Crippen LogP contribution in [0.15, 0.2) is 53.2 Å². The van der Waals surface area contributed by atoms with Gasteiger partial charge in [-0.15, -0.1) is 0 Å². The molecule has 8 heteroatoms. The molecule has 3 amide bonds. The van der Waals surface area contributed by atoms with Crippen molar-refractivity contribution in [1.29, 1.82) is 0 Å². The van der Waals surface area contributed by atoms with E-state index in [0.29, 0.717) is 12.2 Å². The normalized spacial score (nSPS) is 14.2. The summed E-state index contributed by atoms with van der Waals surface area (Å²) >= 11 is 0. The zero-order chi connectivity index (χ0) is 24.2. The zero-order valence-electron chi connectivity index (χ0n) is 19.7. The number of nitrogens with zero attached hydrogens (tertiary/aromatic N) is 1. The minimum atomic E-state index is -0.627. The number of benzene rings is 1. The number of hydrogen-bond donors (Lipinski definition) is 3. The number of unbranched alkanes of at least 4 members (excludes halogenated alkanes) is 1. The molecule has 2 aromatic rings. The van der Waals surface area contributed by atoms with Crippen LogP contribution < -0.4 is 20.9 Å². The number of carbonyl (C=O) groups is 3. The van der Waals surface area contributed by atoms with Gasteiger partial charge in [0.05, 0.1) is 6.26 Å². The molecule has 1 aliphatic rings. The molecule has 2 heterocycles. The maximum atomic E-state index is 12.9. The first-order valence-electron chi connectivity index (χ1n) is 12.0. The summed E-state index contributed by atoms with van der Waals surface area (Å²) in [7, 11) is 0. The fraction of sp³-hybridized carbons (Fsp3) is 0.423. The molecule has 1 unspecified atom stereocenters. The van der Waals surface area contributed by atoms with Crippen molar-refractivity contribution in [2.75, 3.05) is 29.9 Å². The zero-order valence-corrected chi connectivity index (χ0v) is 19.7. The Hall–Kier alpha value is -3.55. The maximum absolute atomic E-state index is 12.9. The van der Waals surface area contributed by atoms with Gasteiger partial charge in [0.25, 0.3) is 0 Å². The lowest BCUT2D eigenvalue weighted by Crippen LogP contribution is -2.44. The molecule has 3 N–H and O–H groups in total. The fourth-order valence-corrected chi connectivity index (χ4v) is 3.83. The maximum Gasteiger partial charge on any atom is 0.246 e. The van der Waals surface area contributed by atoms with Gasteiger partial charge in [-0.3, -0.25) is 14.4 Å². The average Bonchev–Trinajstić information content (AvgIpc) is 3.55. The highest BCUT2D eigenvalue weighted by molar-refractivity contribution is 5.97. The second-order valence-corrected chi connectivity index (χ2v) is 8.39. The van der Waals surface area contributed by atoms with Crippen molar-refractivity contribution in [1.82, 2.24) is 10.6 Å². The van der Waals surface area contributed by atoms with Crippen molar-refractivity contribution < 1.29 is 18.8 Å². The second kappa shape index (κ2) is 13.2. The van der Waals surface area contributed by atoms with Crippen LogP contribution in [0.3, 0.4) is 0 Å². The first-order valence-corrected chi connectivity index (χ1v) is 12.0. The van der Waals surface area contributed by atoms with E-state index >= 15 is 0 Å². The highest BCUT2D eigenvalue weighted by Crippen LogP contribution is 2.23. The van der Waals surface area contributed by atoms with Gasteiger partial charge in [-0.05, 0) is 55.7 Å². The van der Waals surface area contributed by atoms with Gasteiger partial charge in [-0.25, -0.2) is 0 Å². The predicted octanol–water partition coefficient (Wildman–Crippen LogP) is 3.71. The standard InChI is InChI=1S/C26H34N4O4/c1-2-3-11-23(26(33)28-20-8-6-9-21(19-20)30-16-4-5-17-30)29-25(32)14-15-27-24(31)13-12-22-10-7-18-34-22/h6-10,12-13,18-19,23H,2-5,11,14-17H2,1H3,(H,27,31)(H,28,33)(H,29,32)/b13-12+. The Morgan fingerprint density at radius 2 is 1.97 bits per heavy atom.